The average Bonchev–Trinajstić information content (AvgIpc) is 3.46. The molecule has 2 N–H and O–H groups in total. The van der Waals surface area contributed by atoms with Crippen molar-refractivity contribution in [2.45, 2.75) is 31.0 Å². The van der Waals surface area contributed by atoms with Crippen LogP contribution in [0.15, 0.2) is 36.5 Å². The monoisotopic (exact) mass is 427 g/mol. The Morgan fingerprint density at radius 2 is 2.03 bits per heavy atom. The molecular weight excluding hydrogens is 410 g/mol. The van der Waals surface area contributed by atoms with Crippen LogP contribution in [0.4, 0.5) is 17.6 Å². The van der Waals surface area contributed by atoms with E-state index >= 15 is 0 Å². The fourth-order valence-electron chi connectivity index (χ4n) is 2.76. The van der Waals surface area contributed by atoms with E-state index in [1.54, 1.807) is 0 Å². The summed E-state index contributed by atoms with van der Waals surface area (Å²) in [5, 5.41) is 5.35. The van der Waals surface area contributed by atoms with Crippen LogP contribution in [0.3, 0.4) is 0 Å². The summed E-state index contributed by atoms with van der Waals surface area (Å²) in [5.41, 5.74) is -1.44. The fraction of sp³-hybridized carbons (Fsp3) is 0.316. The zero-order chi connectivity index (χ0) is 21.2. The summed E-state index contributed by atoms with van der Waals surface area (Å²) in [6.45, 7) is 0. The van der Waals surface area contributed by atoms with Crippen molar-refractivity contribution < 1.29 is 27.1 Å². The minimum atomic E-state index is -4.64. The Morgan fingerprint density at radius 3 is 2.66 bits per heavy atom. The molecule has 154 valence electrons. The molecule has 0 bridgehead atoms. The van der Waals surface area contributed by atoms with Gasteiger partial charge in [-0.25, -0.2) is 4.39 Å². The fourth-order valence-corrected chi connectivity index (χ4v) is 3.03. The molecular formula is C19H17F4N3O2S. The second-order valence-corrected chi connectivity index (χ2v) is 6.91. The van der Waals surface area contributed by atoms with Gasteiger partial charge >= 0.3 is 6.18 Å². The van der Waals surface area contributed by atoms with E-state index in [1.165, 1.54) is 25.3 Å². The van der Waals surface area contributed by atoms with Gasteiger partial charge in [0.1, 0.15) is 5.92 Å². The van der Waals surface area contributed by atoms with Gasteiger partial charge in [-0.15, -0.1) is 0 Å². The first-order valence-electron chi connectivity index (χ1n) is 8.67. The second-order valence-electron chi connectivity index (χ2n) is 6.50. The van der Waals surface area contributed by atoms with Crippen molar-refractivity contribution >= 4 is 23.2 Å². The third-order valence-corrected chi connectivity index (χ3v) is 4.56. The molecule has 1 aromatic carbocycles. The Labute approximate surface area is 169 Å². The summed E-state index contributed by atoms with van der Waals surface area (Å²) in [5.74, 6) is -3.28. The first kappa shape index (κ1) is 21.0. The van der Waals surface area contributed by atoms with Crippen LogP contribution in [-0.4, -0.2) is 29.2 Å². The number of alkyl halides is 3. The van der Waals surface area contributed by atoms with Crippen LogP contribution in [0, 0.1) is 5.82 Å². The van der Waals surface area contributed by atoms with Gasteiger partial charge < -0.3 is 15.4 Å². The van der Waals surface area contributed by atoms with Gasteiger partial charge in [0.2, 0.25) is 5.91 Å². The summed E-state index contributed by atoms with van der Waals surface area (Å²) in [7, 11) is 1.24. The molecule has 1 unspecified atom stereocenters. The average molecular weight is 427 g/mol. The number of pyridine rings is 1. The lowest BCUT2D eigenvalue weighted by molar-refractivity contribution is -0.137. The molecule has 1 fully saturated rings. The molecule has 0 radical (unpaired) electrons. The zero-order valence-corrected chi connectivity index (χ0v) is 16.0. The number of nitrogens with zero attached hydrogens (tertiary/aromatic N) is 1. The van der Waals surface area contributed by atoms with Crippen molar-refractivity contribution in [2.75, 3.05) is 7.11 Å². The smallest absolute Gasteiger partial charge is 0.416 e. The molecule has 29 heavy (non-hydrogen) atoms. The Bertz CT molecular complexity index is 932. The topological polar surface area (TPSA) is 63.2 Å². The van der Waals surface area contributed by atoms with Gasteiger partial charge in [0.25, 0.3) is 0 Å². The molecule has 2 aromatic rings. The van der Waals surface area contributed by atoms with E-state index < -0.39 is 29.4 Å². The lowest BCUT2D eigenvalue weighted by Crippen LogP contribution is -2.43. The molecule has 0 aliphatic heterocycles. The highest BCUT2D eigenvalue weighted by Crippen LogP contribution is 2.34. The number of thiocarbonyl (C=S) groups is 1. The third kappa shape index (κ3) is 5.00. The minimum Gasteiger partial charge on any atom is -0.494 e. The summed E-state index contributed by atoms with van der Waals surface area (Å²) < 4.78 is 59.2. The summed E-state index contributed by atoms with van der Waals surface area (Å²) in [6.07, 6.45) is -1.91. The predicted molar refractivity (Wildman–Crippen MR) is 101 cm³/mol. The van der Waals surface area contributed by atoms with Gasteiger partial charge in [-0.05, 0) is 43.3 Å². The van der Waals surface area contributed by atoms with E-state index in [-0.39, 0.29) is 28.2 Å². The number of carbonyl (C=O) groups is 1. The number of benzene rings is 1. The number of rotatable bonds is 5. The van der Waals surface area contributed by atoms with E-state index in [1.807, 2.05) is 0 Å². The maximum atomic E-state index is 14.9. The number of hydrogen-bond donors (Lipinski definition) is 2. The number of ether oxygens (including phenoxy) is 1. The third-order valence-electron chi connectivity index (χ3n) is 4.34. The molecule has 1 aliphatic carbocycles. The lowest BCUT2D eigenvalue weighted by atomic mass is 9.92. The molecule has 0 spiro atoms. The quantitative estimate of drug-likeness (QED) is 0.565. The van der Waals surface area contributed by atoms with E-state index in [2.05, 4.69) is 15.6 Å². The standard InChI is InChI=1S/C19H17F4N3O2S/c1-28-14-4-2-3-12(16(14)20)15(17(27)26-18(29)25-11-5-6-11)13-9-10(7-8-24-13)19(21,22)23/h2-4,7-9,11,15H,5-6H2,1H3,(H2,25,26,27,29). The first-order valence-corrected chi connectivity index (χ1v) is 9.08. The van der Waals surface area contributed by atoms with Gasteiger partial charge in [0, 0.05) is 17.8 Å². The van der Waals surface area contributed by atoms with E-state index in [9.17, 15) is 22.4 Å². The number of nitrogens with one attached hydrogen (secondary N) is 2. The zero-order valence-electron chi connectivity index (χ0n) is 15.2. The highest BCUT2D eigenvalue weighted by molar-refractivity contribution is 7.80. The molecule has 1 aromatic heterocycles. The summed E-state index contributed by atoms with van der Waals surface area (Å²) in [6, 6.07) is 5.72. The number of carbonyl (C=O) groups excluding carboxylic acids is 1. The number of aromatic nitrogens is 1. The van der Waals surface area contributed by atoms with E-state index in [0.717, 1.165) is 31.2 Å². The van der Waals surface area contributed by atoms with Crippen molar-refractivity contribution in [1.29, 1.82) is 0 Å². The lowest BCUT2D eigenvalue weighted by Gasteiger charge is -2.20. The maximum absolute atomic E-state index is 14.9. The number of hydrogen-bond acceptors (Lipinski definition) is 4. The minimum absolute atomic E-state index is 0.0257. The Kier molecular flexibility index (Phi) is 6.02. The Balaban J connectivity index is 2.02. The highest BCUT2D eigenvalue weighted by Gasteiger charge is 2.34. The van der Waals surface area contributed by atoms with Crippen LogP contribution < -0.4 is 15.4 Å². The maximum Gasteiger partial charge on any atom is 0.416 e. The van der Waals surface area contributed by atoms with Crippen molar-refractivity contribution in [2.24, 2.45) is 0 Å². The van der Waals surface area contributed by atoms with Crippen LogP contribution >= 0.6 is 12.2 Å². The molecule has 3 rings (SSSR count). The van der Waals surface area contributed by atoms with Crippen molar-refractivity contribution in [3.63, 3.8) is 0 Å². The van der Waals surface area contributed by atoms with Gasteiger partial charge in [0.15, 0.2) is 16.7 Å². The summed E-state index contributed by atoms with van der Waals surface area (Å²) in [4.78, 5) is 16.8. The molecule has 5 nitrogen and oxygen atoms in total. The second kappa shape index (κ2) is 8.32. The van der Waals surface area contributed by atoms with Crippen molar-refractivity contribution in [1.82, 2.24) is 15.6 Å². The van der Waals surface area contributed by atoms with E-state index in [0.29, 0.717) is 0 Å². The van der Waals surface area contributed by atoms with Crippen LogP contribution in [0.5, 0.6) is 5.75 Å². The molecule has 1 saturated carbocycles. The van der Waals surface area contributed by atoms with Gasteiger partial charge in [-0.1, -0.05) is 12.1 Å². The van der Waals surface area contributed by atoms with Crippen molar-refractivity contribution in [3.05, 3.63) is 59.2 Å². The van der Waals surface area contributed by atoms with Gasteiger partial charge in [-0.3, -0.25) is 9.78 Å². The van der Waals surface area contributed by atoms with Crippen LogP contribution in [0.25, 0.3) is 0 Å². The normalized spacial score (nSPS) is 14.8. The molecule has 1 aliphatic rings. The number of methoxy groups -OCH3 is 1. The molecule has 1 heterocycles. The molecule has 0 saturated heterocycles. The molecule has 1 amide bonds. The predicted octanol–water partition coefficient (Wildman–Crippen LogP) is 3.53. The van der Waals surface area contributed by atoms with Crippen LogP contribution in [-0.2, 0) is 11.0 Å². The Hall–Kier alpha value is -2.75. The summed E-state index contributed by atoms with van der Waals surface area (Å²) >= 11 is 5.07. The highest BCUT2D eigenvalue weighted by atomic mass is 32.1. The van der Waals surface area contributed by atoms with Gasteiger partial charge in [0.05, 0.1) is 18.4 Å². The Morgan fingerprint density at radius 1 is 1.31 bits per heavy atom. The first-order chi connectivity index (χ1) is 13.7. The SMILES string of the molecule is COc1cccc(C(C(=O)NC(=S)NC2CC2)c2cc(C(F)(F)F)ccn2)c1F. The molecule has 1 atom stereocenters. The number of amides is 1. The largest absolute Gasteiger partial charge is 0.494 e. The van der Waals surface area contributed by atoms with Crippen LogP contribution in [0.1, 0.15) is 35.6 Å². The van der Waals surface area contributed by atoms with Gasteiger partial charge in [-0.2, -0.15) is 13.2 Å². The number of halogens is 4. The molecule has 10 heteroatoms. The van der Waals surface area contributed by atoms with Crippen LogP contribution in [0.2, 0.25) is 0 Å². The van der Waals surface area contributed by atoms with E-state index in [4.69, 9.17) is 17.0 Å². The van der Waals surface area contributed by atoms with Crippen molar-refractivity contribution in [3.8, 4) is 5.75 Å².